The fraction of sp³-hybridized carbons (Fsp3) is 0.133. The molecule has 2 rings (SSSR count). The molecule has 0 radical (unpaired) electrons. The van der Waals surface area contributed by atoms with Crippen molar-refractivity contribution >= 4 is 45.8 Å². The predicted molar refractivity (Wildman–Crippen MR) is 89.2 cm³/mol. The summed E-state index contributed by atoms with van der Waals surface area (Å²) in [5.41, 5.74) is 1.81. The summed E-state index contributed by atoms with van der Waals surface area (Å²) in [6.45, 7) is 1.68. The summed E-state index contributed by atoms with van der Waals surface area (Å²) in [5.74, 6) is -0.267. The highest BCUT2D eigenvalue weighted by Crippen LogP contribution is 2.22. The number of carbonyl (C=O) groups is 1. The van der Waals surface area contributed by atoms with E-state index in [2.05, 4.69) is 27.9 Å². The maximum atomic E-state index is 12.2. The summed E-state index contributed by atoms with van der Waals surface area (Å²) >= 11 is 8.16. The molecule has 0 aliphatic heterocycles. The molecule has 5 heteroatoms. The van der Waals surface area contributed by atoms with Gasteiger partial charge >= 0.3 is 0 Å². The standard InChI is InChI=1S/C15H13ClINO2/c1-9(19)10-3-2-4-12(7-10)18-15(20)13-8-11(17)5-6-14(13)16/h2-9,19H,1H3,(H,18,20). The number of amides is 1. The third-order valence-corrected chi connectivity index (χ3v) is 3.80. The predicted octanol–water partition coefficient (Wildman–Crippen LogP) is 4.25. The number of aliphatic hydroxyl groups excluding tert-OH is 1. The Balaban J connectivity index is 2.23. The van der Waals surface area contributed by atoms with Crippen molar-refractivity contribution in [1.29, 1.82) is 0 Å². The number of aliphatic hydroxyl groups is 1. The topological polar surface area (TPSA) is 49.3 Å². The molecule has 0 spiro atoms. The molecule has 104 valence electrons. The van der Waals surface area contributed by atoms with Gasteiger partial charge in [-0.3, -0.25) is 4.79 Å². The van der Waals surface area contributed by atoms with E-state index < -0.39 is 6.10 Å². The molecule has 0 bridgehead atoms. The van der Waals surface area contributed by atoms with E-state index in [0.29, 0.717) is 16.3 Å². The van der Waals surface area contributed by atoms with Gasteiger partial charge in [0.1, 0.15) is 0 Å². The van der Waals surface area contributed by atoms with Gasteiger partial charge in [0.15, 0.2) is 0 Å². The van der Waals surface area contributed by atoms with Crippen molar-refractivity contribution in [2.75, 3.05) is 5.32 Å². The van der Waals surface area contributed by atoms with E-state index in [0.717, 1.165) is 9.13 Å². The monoisotopic (exact) mass is 401 g/mol. The number of halogens is 2. The van der Waals surface area contributed by atoms with Crippen LogP contribution in [0.1, 0.15) is 28.9 Å². The number of benzene rings is 2. The fourth-order valence-electron chi connectivity index (χ4n) is 1.75. The summed E-state index contributed by atoms with van der Waals surface area (Å²) in [4.78, 5) is 12.2. The smallest absolute Gasteiger partial charge is 0.257 e. The number of nitrogens with one attached hydrogen (secondary N) is 1. The lowest BCUT2D eigenvalue weighted by atomic mass is 10.1. The number of carbonyl (C=O) groups excluding carboxylic acids is 1. The Labute approximate surface area is 136 Å². The van der Waals surface area contributed by atoms with E-state index in [9.17, 15) is 9.90 Å². The largest absolute Gasteiger partial charge is 0.389 e. The number of rotatable bonds is 3. The summed E-state index contributed by atoms with van der Waals surface area (Å²) in [5, 5.41) is 12.7. The molecular weight excluding hydrogens is 389 g/mol. The maximum Gasteiger partial charge on any atom is 0.257 e. The van der Waals surface area contributed by atoms with Crippen LogP contribution >= 0.6 is 34.2 Å². The molecule has 2 aromatic carbocycles. The van der Waals surface area contributed by atoms with Gasteiger partial charge in [0.2, 0.25) is 0 Å². The molecule has 1 amide bonds. The van der Waals surface area contributed by atoms with Gasteiger partial charge in [-0.2, -0.15) is 0 Å². The van der Waals surface area contributed by atoms with Crippen LogP contribution in [0.2, 0.25) is 5.02 Å². The van der Waals surface area contributed by atoms with Crippen molar-refractivity contribution < 1.29 is 9.90 Å². The molecule has 3 nitrogen and oxygen atoms in total. The second kappa shape index (κ2) is 6.56. The highest BCUT2D eigenvalue weighted by molar-refractivity contribution is 14.1. The van der Waals surface area contributed by atoms with E-state index in [-0.39, 0.29) is 5.91 Å². The van der Waals surface area contributed by atoms with E-state index >= 15 is 0 Å². The summed E-state index contributed by atoms with van der Waals surface area (Å²) in [6, 6.07) is 12.4. The highest BCUT2D eigenvalue weighted by atomic mass is 127. The number of hydrogen-bond acceptors (Lipinski definition) is 2. The highest BCUT2D eigenvalue weighted by Gasteiger charge is 2.11. The Morgan fingerprint density at radius 1 is 1.30 bits per heavy atom. The van der Waals surface area contributed by atoms with Crippen LogP contribution in [0, 0.1) is 3.57 Å². The zero-order valence-electron chi connectivity index (χ0n) is 10.7. The van der Waals surface area contributed by atoms with Crippen molar-refractivity contribution in [3.63, 3.8) is 0 Å². The van der Waals surface area contributed by atoms with Crippen LogP contribution in [-0.4, -0.2) is 11.0 Å². The Bertz CT molecular complexity index is 644. The average molecular weight is 402 g/mol. The Kier molecular flexibility index (Phi) is 5.01. The first-order valence-electron chi connectivity index (χ1n) is 6.02. The quantitative estimate of drug-likeness (QED) is 0.756. The second-order valence-electron chi connectivity index (χ2n) is 4.38. The lowest BCUT2D eigenvalue weighted by molar-refractivity contribution is 0.102. The normalized spacial score (nSPS) is 12.0. The lowest BCUT2D eigenvalue weighted by Gasteiger charge is -2.10. The molecule has 0 aliphatic carbocycles. The third kappa shape index (κ3) is 3.71. The molecule has 0 fully saturated rings. The summed E-state index contributed by atoms with van der Waals surface area (Å²) < 4.78 is 0.940. The van der Waals surface area contributed by atoms with Crippen LogP contribution in [0.3, 0.4) is 0 Å². The minimum atomic E-state index is -0.576. The fourth-order valence-corrected chi connectivity index (χ4v) is 2.44. The Morgan fingerprint density at radius 3 is 2.75 bits per heavy atom. The average Bonchev–Trinajstić information content (AvgIpc) is 2.41. The van der Waals surface area contributed by atoms with E-state index in [1.165, 1.54) is 0 Å². The summed E-state index contributed by atoms with van der Waals surface area (Å²) in [6.07, 6.45) is -0.576. The van der Waals surface area contributed by atoms with Crippen LogP contribution in [-0.2, 0) is 0 Å². The molecule has 0 heterocycles. The number of hydrogen-bond donors (Lipinski definition) is 2. The van der Waals surface area contributed by atoms with Crippen LogP contribution in [0.5, 0.6) is 0 Å². The molecule has 1 atom stereocenters. The van der Waals surface area contributed by atoms with Crippen LogP contribution < -0.4 is 5.32 Å². The molecule has 0 saturated heterocycles. The molecule has 0 aromatic heterocycles. The van der Waals surface area contributed by atoms with Crippen molar-refractivity contribution in [2.24, 2.45) is 0 Å². The van der Waals surface area contributed by atoms with Gasteiger partial charge < -0.3 is 10.4 Å². The zero-order chi connectivity index (χ0) is 14.7. The van der Waals surface area contributed by atoms with Crippen molar-refractivity contribution in [2.45, 2.75) is 13.0 Å². The van der Waals surface area contributed by atoms with Gasteiger partial charge in [0.25, 0.3) is 5.91 Å². The van der Waals surface area contributed by atoms with Crippen molar-refractivity contribution in [1.82, 2.24) is 0 Å². The number of anilines is 1. The molecular formula is C15H13ClINO2. The summed E-state index contributed by atoms with van der Waals surface area (Å²) in [7, 11) is 0. The molecule has 0 saturated carbocycles. The molecule has 1 unspecified atom stereocenters. The molecule has 0 aliphatic rings. The Morgan fingerprint density at radius 2 is 2.05 bits per heavy atom. The van der Waals surface area contributed by atoms with Gasteiger partial charge in [0.05, 0.1) is 16.7 Å². The van der Waals surface area contributed by atoms with Gasteiger partial charge in [-0.15, -0.1) is 0 Å². The first-order valence-corrected chi connectivity index (χ1v) is 7.47. The molecule has 2 N–H and O–H groups in total. The minimum absolute atomic E-state index is 0.267. The van der Waals surface area contributed by atoms with E-state index in [4.69, 9.17) is 11.6 Å². The van der Waals surface area contributed by atoms with Crippen molar-refractivity contribution in [3.8, 4) is 0 Å². The first-order chi connectivity index (χ1) is 9.47. The van der Waals surface area contributed by atoms with Crippen molar-refractivity contribution in [3.05, 3.63) is 62.2 Å². The zero-order valence-corrected chi connectivity index (χ0v) is 13.6. The lowest BCUT2D eigenvalue weighted by Crippen LogP contribution is -2.13. The van der Waals surface area contributed by atoms with E-state index in [1.807, 2.05) is 6.07 Å². The Hall–Kier alpha value is -1.11. The molecule has 2 aromatic rings. The van der Waals surface area contributed by atoms with Gasteiger partial charge in [0, 0.05) is 9.26 Å². The minimum Gasteiger partial charge on any atom is -0.389 e. The van der Waals surface area contributed by atoms with Crippen LogP contribution in [0.15, 0.2) is 42.5 Å². The molecule has 20 heavy (non-hydrogen) atoms. The second-order valence-corrected chi connectivity index (χ2v) is 6.03. The van der Waals surface area contributed by atoms with Gasteiger partial charge in [-0.05, 0) is 65.4 Å². The van der Waals surface area contributed by atoms with Crippen LogP contribution in [0.25, 0.3) is 0 Å². The first kappa shape index (κ1) is 15.3. The van der Waals surface area contributed by atoms with Gasteiger partial charge in [-0.1, -0.05) is 23.7 Å². The SMILES string of the molecule is CC(O)c1cccc(NC(=O)c2cc(I)ccc2Cl)c1. The maximum absolute atomic E-state index is 12.2. The third-order valence-electron chi connectivity index (χ3n) is 2.80. The van der Waals surface area contributed by atoms with E-state index in [1.54, 1.807) is 43.3 Å². The van der Waals surface area contributed by atoms with Gasteiger partial charge in [-0.25, -0.2) is 0 Å². The van der Waals surface area contributed by atoms with Crippen LogP contribution in [0.4, 0.5) is 5.69 Å².